The Bertz CT molecular complexity index is 242. The first-order chi connectivity index (χ1) is 5.11. The third-order valence-corrected chi connectivity index (χ3v) is 1.95. The van der Waals surface area contributed by atoms with Crippen molar-refractivity contribution in [2.75, 3.05) is 0 Å². The summed E-state index contributed by atoms with van der Waals surface area (Å²) in [4.78, 5) is 10.2. The van der Waals surface area contributed by atoms with Gasteiger partial charge in [0.15, 0.2) is 0 Å². The summed E-state index contributed by atoms with van der Waals surface area (Å²) in [6.07, 6.45) is 4.32. The predicted octanol–water partition coefficient (Wildman–Crippen LogP) is 0.759. The zero-order valence-electron chi connectivity index (χ0n) is 5.98. The van der Waals surface area contributed by atoms with Gasteiger partial charge >= 0.3 is 0 Å². The van der Waals surface area contributed by atoms with Gasteiger partial charge in [0, 0.05) is 11.8 Å². The van der Waals surface area contributed by atoms with Crippen LogP contribution in [0.15, 0.2) is 23.9 Å². The van der Waals surface area contributed by atoms with Crippen molar-refractivity contribution in [2.45, 2.75) is 4.95 Å². The number of nitrogens with zero attached hydrogens (tertiary/aromatic N) is 1. The van der Waals surface area contributed by atoms with Crippen molar-refractivity contribution in [3.05, 3.63) is 23.9 Å². The molecule has 0 aromatic rings. The minimum absolute atomic E-state index is 0. The van der Waals surface area contributed by atoms with Crippen molar-refractivity contribution in [1.29, 1.82) is 0 Å². The summed E-state index contributed by atoms with van der Waals surface area (Å²) in [5, 5.41) is 9.90. The van der Waals surface area contributed by atoms with E-state index in [0.29, 0.717) is 5.57 Å². The van der Waals surface area contributed by atoms with Crippen molar-refractivity contribution < 1.29 is 10.0 Å². The topological polar surface area (TPSA) is 66.6 Å². The molecule has 68 valence electrons. The zero-order chi connectivity index (χ0) is 8.43. The zero-order valence-corrected chi connectivity index (χ0v) is 8.38. The van der Waals surface area contributed by atoms with Crippen LogP contribution in [0.1, 0.15) is 0 Å². The number of amides is 1. The van der Waals surface area contributed by atoms with Gasteiger partial charge in [0.2, 0.25) is 5.91 Å². The fourth-order valence-electron chi connectivity index (χ4n) is 0.683. The average molecular weight is 255 g/mol. The number of hydroxylamine groups is 2. The van der Waals surface area contributed by atoms with Gasteiger partial charge in [-0.3, -0.25) is 10.0 Å². The van der Waals surface area contributed by atoms with Crippen molar-refractivity contribution in [3.8, 4) is 0 Å². The Hall–Kier alpha value is -0.520. The number of carbonyl (C=O) groups is 1. The van der Waals surface area contributed by atoms with Crippen molar-refractivity contribution >= 4 is 34.2 Å². The summed E-state index contributed by atoms with van der Waals surface area (Å²) in [5.41, 5.74) is 5.38. The molecule has 1 unspecified atom stereocenters. The molecular weight excluding hydrogens is 247 g/mol. The molecule has 1 amide bonds. The maximum atomic E-state index is 10.6. The van der Waals surface area contributed by atoms with Gasteiger partial charge in [0.05, 0.1) is 0 Å². The molecule has 0 fully saturated rings. The van der Waals surface area contributed by atoms with E-state index in [4.69, 9.17) is 10.9 Å². The molecule has 1 rings (SSSR count). The number of hydrogen-bond donors (Lipinski definition) is 2. The SMILES string of the molecule is Cl.NC(=O)C1=CC(Br)N(O)C=C1. The van der Waals surface area contributed by atoms with Gasteiger partial charge in [-0.1, -0.05) is 15.9 Å². The number of hydrogen-bond acceptors (Lipinski definition) is 3. The molecule has 0 saturated carbocycles. The number of halogens is 2. The maximum Gasteiger partial charge on any atom is 0.248 e. The van der Waals surface area contributed by atoms with E-state index in [0.717, 1.165) is 5.06 Å². The summed E-state index contributed by atoms with van der Waals surface area (Å²) < 4.78 is 0. The molecule has 1 aliphatic rings. The lowest BCUT2D eigenvalue weighted by Gasteiger charge is -2.19. The molecule has 0 spiro atoms. The van der Waals surface area contributed by atoms with Crippen molar-refractivity contribution in [3.63, 3.8) is 0 Å². The summed E-state index contributed by atoms with van der Waals surface area (Å²) in [5.74, 6) is -0.501. The molecule has 1 aliphatic heterocycles. The highest BCUT2D eigenvalue weighted by Gasteiger charge is 2.14. The largest absolute Gasteiger partial charge is 0.366 e. The Labute approximate surface area is 84.2 Å². The number of primary amides is 1. The molecule has 6 heteroatoms. The van der Waals surface area contributed by atoms with Gasteiger partial charge in [-0.2, -0.15) is 0 Å². The Balaban J connectivity index is 0.00000121. The Kier molecular flexibility index (Phi) is 4.30. The fraction of sp³-hybridized carbons (Fsp3) is 0.167. The van der Waals surface area contributed by atoms with Crippen LogP contribution in [0.3, 0.4) is 0 Å². The molecule has 1 atom stereocenters. The van der Waals surface area contributed by atoms with Gasteiger partial charge in [-0.05, 0) is 12.2 Å². The van der Waals surface area contributed by atoms with E-state index >= 15 is 0 Å². The van der Waals surface area contributed by atoms with E-state index < -0.39 is 5.91 Å². The van der Waals surface area contributed by atoms with Gasteiger partial charge in [0.25, 0.3) is 0 Å². The maximum absolute atomic E-state index is 10.6. The van der Waals surface area contributed by atoms with E-state index in [9.17, 15) is 4.79 Å². The number of rotatable bonds is 1. The van der Waals surface area contributed by atoms with Crippen LogP contribution in [0.5, 0.6) is 0 Å². The summed E-state index contributed by atoms with van der Waals surface area (Å²) in [6.45, 7) is 0. The monoisotopic (exact) mass is 254 g/mol. The smallest absolute Gasteiger partial charge is 0.248 e. The molecule has 0 aromatic carbocycles. The summed E-state index contributed by atoms with van der Waals surface area (Å²) in [6, 6.07) is 0. The normalized spacial score (nSPS) is 21.3. The number of carbonyl (C=O) groups excluding carboxylic acids is 1. The Morgan fingerprint density at radius 2 is 2.33 bits per heavy atom. The minimum Gasteiger partial charge on any atom is -0.366 e. The van der Waals surface area contributed by atoms with Crippen molar-refractivity contribution in [2.24, 2.45) is 5.73 Å². The second-order valence-electron chi connectivity index (χ2n) is 2.05. The highest BCUT2D eigenvalue weighted by molar-refractivity contribution is 9.09. The van der Waals surface area contributed by atoms with Gasteiger partial charge in [-0.15, -0.1) is 12.4 Å². The lowest BCUT2D eigenvalue weighted by molar-refractivity contribution is -0.114. The lowest BCUT2D eigenvalue weighted by Crippen LogP contribution is -2.25. The minimum atomic E-state index is -0.501. The van der Waals surface area contributed by atoms with E-state index in [1.54, 1.807) is 0 Å². The third-order valence-electron chi connectivity index (χ3n) is 1.26. The van der Waals surface area contributed by atoms with E-state index in [2.05, 4.69) is 15.9 Å². The molecule has 3 N–H and O–H groups in total. The quantitative estimate of drug-likeness (QED) is 0.537. The van der Waals surface area contributed by atoms with Crippen LogP contribution in [0.4, 0.5) is 0 Å². The molecule has 0 aliphatic carbocycles. The highest BCUT2D eigenvalue weighted by Crippen LogP contribution is 2.15. The summed E-state index contributed by atoms with van der Waals surface area (Å²) in [7, 11) is 0. The number of alkyl halides is 1. The Morgan fingerprint density at radius 3 is 2.75 bits per heavy atom. The first kappa shape index (κ1) is 11.5. The van der Waals surface area contributed by atoms with Crippen LogP contribution in [-0.4, -0.2) is 21.1 Å². The molecule has 12 heavy (non-hydrogen) atoms. The molecule has 4 nitrogen and oxygen atoms in total. The van der Waals surface area contributed by atoms with Gasteiger partial charge in [0.1, 0.15) is 4.95 Å². The van der Waals surface area contributed by atoms with Crippen LogP contribution in [-0.2, 0) is 4.79 Å². The van der Waals surface area contributed by atoms with Crippen LogP contribution >= 0.6 is 28.3 Å². The predicted molar refractivity (Wildman–Crippen MR) is 50.0 cm³/mol. The first-order valence-electron chi connectivity index (χ1n) is 2.92. The molecular formula is C6H8BrClN2O2. The van der Waals surface area contributed by atoms with Gasteiger partial charge < -0.3 is 5.73 Å². The first-order valence-corrected chi connectivity index (χ1v) is 3.84. The highest BCUT2D eigenvalue weighted by atomic mass is 79.9. The molecule has 0 aromatic heterocycles. The second kappa shape index (κ2) is 4.49. The van der Waals surface area contributed by atoms with Crippen LogP contribution in [0.2, 0.25) is 0 Å². The van der Waals surface area contributed by atoms with Crippen LogP contribution < -0.4 is 5.73 Å². The second-order valence-corrected chi connectivity index (χ2v) is 2.99. The Morgan fingerprint density at radius 1 is 1.75 bits per heavy atom. The molecule has 0 saturated heterocycles. The summed E-state index contributed by atoms with van der Waals surface area (Å²) >= 11 is 3.10. The molecule has 0 radical (unpaired) electrons. The van der Waals surface area contributed by atoms with Crippen LogP contribution in [0, 0.1) is 0 Å². The average Bonchev–Trinajstić information content (AvgIpc) is 1.94. The lowest BCUT2D eigenvalue weighted by atomic mass is 10.2. The van der Waals surface area contributed by atoms with E-state index in [1.807, 2.05) is 0 Å². The number of nitrogens with two attached hydrogens (primary N) is 1. The van der Waals surface area contributed by atoms with Gasteiger partial charge in [-0.25, -0.2) is 5.06 Å². The van der Waals surface area contributed by atoms with E-state index in [-0.39, 0.29) is 17.4 Å². The molecule has 0 bridgehead atoms. The van der Waals surface area contributed by atoms with Crippen LogP contribution in [0.25, 0.3) is 0 Å². The third kappa shape index (κ3) is 2.51. The molecule has 1 heterocycles. The standard InChI is InChI=1S/C6H7BrN2O2.ClH/c7-5-3-4(6(8)10)1-2-9(5)11;/h1-3,5,11H,(H2,8,10);1H. The fourth-order valence-corrected chi connectivity index (χ4v) is 1.10. The van der Waals surface area contributed by atoms with Crippen molar-refractivity contribution in [1.82, 2.24) is 5.06 Å². The van der Waals surface area contributed by atoms with E-state index in [1.165, 1.54) is 18.4 Å².